The molecule has 16 heavy (non-hydrogen) atoms. The van der Waals surface area contributed by atoms with E-state index in [9.17, 15) is 14.1 Å². The molecule has 5 heteroatoms. The fraction of sp³-hybridized carbons (Fsp3) is 0.636. The molecule has 0 bridgehead atoms. The van der Waals surface area contributed by atoms with Crippen molar-refractivity contribution >= 4 is 0 Å². The molecule has 0 spiro atoms. The Morgan fingerprint density at radius 1 is 1.31 bits per heavy atom. The molecule has 0 aromatic heterocycles. The fourth-order valence-electron chi connectivity index (χ4n) is 1.52. The lowest BCUT2D eigenvalue weighted by molar-refractivity contribution is 0.223. The third kappa shape index (κ3) is 2.29. The topological polar surface area (TPSA) is 55.4 Å². The van der Waals surface area contributed by atoms with Crippen LogP contribution in [0, 0.1) is 5.92 Å². The van der Waals surface area contributed by atoms with Crippen molar-refractivity contribution in [2.45, 2.75) is 33.2 Å². The summed E-state index contributed by atoms with van der Waals surface area (Å²) in [6.45, 7) is 5.73. The molecule has 1 rings (SSSR count). The van der Waals surface area contributed by atoms with Crippen LogP contribution in [-0.4, -0.2) is 12.6 Å². The molecule has 0 aliphatic heterocycles. The minimum Gasteiger partial charge on any atom is -0.489 e. The maximum Gasteiger partial charge on any atom is 0.268 e. The second kappa shape index (κ2) is 5.21. The van der Waals surface area contributed by atoms with E-state index in [1.807, 2.05) is 13.8 Å². The summed E-state index contributed by atoms with van der Waals surface area (Å²) in [5.41, 5.74) is 0.797. The van der Waals surface area contributed by atoms with E-state index < -0.39 is 16.9 Å². The van der Waals surface area contributed by atoms with E-state index in [1.165, 1.54) is 0 Å². The Kier molecular flexibility index (Phi) is 4.18. The van der Waals surface area contributed by atoms with Crippen molar-refractivity contribution in [2.24, 2.45) is 5.92 Å². The largest absolute Gasteiger partial charge is 0.489 e. The summed E-state index contributed by atoms with van der Waals surface area (Å²) in [7, 11) is 0. The summed E-state index contributed by atoms with van der Waals surface area (Å²) in [5, 5.41) is 0. The van der Waals surface area contributed by atoms with E-state index in [4.69, 9.17) is 4.74 Å². The lowest BCUT2D eigenvalue weighted by atomic mass is 9.94. The summed E-state index contributed by atoms with van der Waals surface area (Å²) in [4.78, 5) is 22.4. The van der Waals surface area contributed by atoms with Crippen LogP contribution in [0.2, 0.25) is 0 Å². The van der Waals surface area contributed by atoms with Gasteiger partial charge in [0.15, 0.2) is 5.75 Å². The van der Waals surface area contributed by atoms with E-state index in [-0.39, 0.29) is 18.1 Å². The van der Waals surface area contributed by atoms with Gasteiger partial charge in [-0.15, -0.1) is 4.48 Å². The van der Waals surface area contributed by atoms with Crippen LogP contribution in [0.15, 0.2) is 9.59 Å². The highest BCUT2D eigenvalue weighted by Gasteiger charge is 2.26. The molecule has 0 heterocycles. The molecule has 0 saturated carbocycles. The fourth-order valence-corrected chi connectivity index (χ4v) is 1.52. The molecule has 1 unspecified atom stereocenters. The van der Waals surface area contributed by atoms with E-state index in [2.05, 4.69) is 0 Å². The zero-order valence-corrected chi connectivity index (χ0v) is 9.67. The van der Waals surface area contributed by atoms with Crippen LogP contribution in [0.4, 0.5) is 4.48 Å². The van der Waals surface area contributed by atoms with Gasteiger partial charge in [0.05, 0.1) is 12.2 Å². The minimum atomic E-state index is -0.599. The second-order valence-corrected chi connectivity index (χ2v) is 4.06. The van der Waals surface area contributed by atoms with Gasteiger partial charge >= 0.3 is 0 Å². The summed E-state index contributed by atoms with van der Waals surface area (Å²) in [6.07, 6.45) is 0.189. The third-order valence-corrected chi connectivity index (χ3v) is 2.62. The molecular weight excluding hydrogens is 213 g/mol. The molecule has 0 saturated heterocycles. The Labute approximate surface area is 93.1 Å². The van der Waals surface area contributed by atoms with Gasteiger partial charge < -0.3 is 4.74 Å². The van der Waals surface area contributed by atoms with Crippen LogP contribution in [0.25, 0.3) is 0 Å². The molecule has 1 N–H and O–H groups in total. The van der Waals surface area contributed by atoms with Crippen molar-refractivity contribution in [1.29, 1.82) is 0 Å². The summed E-state index contributed by atoms with van der Waals surface area (Å²) in [5.74, 6) is 0.136. The van der Waals surface area contributed by atoms with Gasteiger partial charge in [-0.2, -0.15) is 5.54 Å². The van der Waals surface area contributed by atoms with E-state index >= 15 is 0 Å². The van der Waals surface area contributed by atoms with Gasteiger partial charge in [0.2, 0.25) is 5.43 Å². The van der Waals surface area contributed by atoms with Crippen LogP contribution in [-0.2, 0) is 6.42 Å². The Bertz CT molecular complexity index is 421. The number of hydrogen-bond donors (Lipinski definition) is 1. The van der Waals surface area contributed by atoms with Gasteiger partial charge in [0, 0.05) is 6.04 Å². The predicted molar refractivity (Wildman–Crippen MR) is 59.1 cm³/mol. The van der Waals surface area contributed by atoms with Gasteiger partial charge in [-0.05, 0) is 19.3 Å². The minimum absolute atomic E-state index is 0.0314. The number of rotatable bonds is 6. The summed E-state index contributed by atoms with van der Waals surface area (Å²) < 4.78 is 17.5. The van der Waals surface area contributed by atoms with Gasteiger partial charge in [-0.1, -0.05) is 13.8 Å². The van der Waals surface area contributed by atoms with E-state index in [1.54, 1.807) is 12.5 Å². The zero-order valence-electron chi connectivity index (χ0n) is 9.67. The summed E-state index contributed by atoms with van der Waals surface area (Å²) >= 11 is 0. The summed E-state index contributed by atoms with van der Waals surface area (Å²) in [6, 6.07) is -0.470. The number of ether oxygens (including phenoxy) is 1. The molecule has 1 aromatic carbocycles. The quantitative estimate of drug-likeness (QED) is 0.577. The monoisotopic (exact) mass is 229 g/mol. The van der Waals surface area contributed by atoms with Crippen molar-refractivity contribution in [1.82, 2.24) is 5.54 Å². The van der Waals surface area contributed by atoms with Crippen molar-refractivity contribution in [3.63, 3.8) is 0 Å². The highest BCUT2D eigenvalue weighted by atomic mass is 19.2. The maximum atomic E-state index is 12.5. The Balaban J connectivity index is 2.85. The average Bonchev–Trinajstić information content (AvgIpc) is 2.27. The highest BCUT2D eigenvalue weighted by Crippen LogP contribution is 2.16. The SMILES string of the molecule is CCOc1c(CC(NF)C(C)C)c(=O)c1=O. The standard InChI is InChI=1S/C11H16FNO3/c1-4-16-11-7(9(14)10(11)15)5-8(13-12)6(2)3/h6,8,13H,4-5H2,1-3H3. The smallest absolute Gasteiger partial charge is 0.268 e. The number of halogens is 1. The molecular formula is C11H16FNO3. The Morgan fingerprint density at radius 3 is 2.38 bits per heavy atom. The van der Waals surface area contributed by atoms with Crippen molar-refractivity contribution in [3.05, 3.63) is 26.0 Å². The van der Waals surface area contributed by atoms with E-state index in [0.717, 1.165) is 0 Å². The molecule has 0 amide bonds. The molecule has 0 aliphatic carbocycles. The molecule has 0 radical (unpaired) electrons. The molecule has 1 atom stereocenters. The second-order valence-electron chi connectivity index (χ2n) is 4.06. The number of hydrogen-bond acceptors (Lipinski definition) is 4. The molecule has 0 aliphatic rings. The first-order chi connectivity index (χ1) is 7.52. The Hall–Kier alpha value is -1.23. The van der Waals surface area contributed by atoms with Crippen molar-refractivity contribution in [2.75, 3.05) is 6.61 Å². The van der Waals surface area contributed by atoms with E-state index in [0.29, 0.717) is 12.2 Å². The van der Waals surface area contributed by atoms with Crippen LogP contribution in [0.5, 0.6) is 5.75 Å². The lowest BCUT2D eigenvalue weighted by Crippen LogP contribution is -2.41. The predicted octanol–water partition coefficient (Wildman–Crippen LogP) is 0.722. The van der Waals surface area contributed by atoms with Crippen LogP contribution >= 0.6 is 0 Å². The maximum absolute atomic E-state index is 12.5. The van der Waals surface area contributed by atoms with Gasteiger partial charge in [-0.25, -0.2) is 0 Å². The first kappa shape index (κ1) is 12.8. The molecule has 0 fully saturated rings. The number of nitrogens with one attached hydrogen (secondary N) is 1. The van der Waals surface area contributed by atoms with Crippen LogP contribution in [0.1, 0.15) is 26.3 Å². The Morgan fingerprint density at radius 2 is 1.94 bits per heavy atom. The first-order valence-electron chi connectivity index (χ1n) is 5.34. The van der Waals surface area contributed by atoms with Gasteiger partial charge in [-0.3, -0.25) is 9.59 Å². The highest BCUT2D eigenvalue weighted by molar-refractivity contribution is 5.40. The third-order valence-electron chi connectivity index (χ3n) is 2.62. The first-order valence-corrected chi connectivity index (χ1v) is 5.34. The molecule has 90 valence electrons. The van der Waals surface area contributed by atoms with Crippen molar-refractivity contribution in [3.8, 4) is 5.75 Å². The zero-order chi connectivity index (χ0) is 12.3. The molecule has 1 aromatic rings. The van der Waals surface area contributed by atoms with Gasteiger partial charge in [0.1, 0.15) is 0 Å². The van der Waals surface area contributed by atoms with Gasteiger partial charge in [0.25, 0.3) is 5.43 Å². The lowest BCUT2D eigenvalue weighted by Gasteiger charge is -2.19. The van der Waals surface area contributed by atoms with Crippen LogP contribution in [0.3, 0.4) is 0 Å². The van der Waals surface area contributed by atoms with Crippen molar-refractivity contribution < 1.29 is 9.22 Å². The normalized spacial score (nSPS) is 13.3. The van der Waals surface area contributed by atoms with Crippen LogP contribution < -0.4 is 21.1 Å². The molecule has 4 nitrogen and oxygen atoms in total. The average molecular weight is 229 g/mol.